The molecular weight excluding hydrogens is 420 g/mol. The van der Waals surface area contributed by atoms with Crippen LogP contribution in [0.5, 0.6) is 5.75 Å². The number of aromatic nitrogens is 1. The summed E-state index contributed by atoms with van der Waals surface area (Å²) in [5.74, 6) is 0.882. The van der Waals surface area contributed by atoms with Gasteiger partial charge >= 0.3 is 0 Å². The predicted molar refractivity (Wildman–Crippen MR) is 136 cm³/mol. The molecule has 0 amide bonds. The Bertz CT molecular complexity index is 1130. The summed E-state index contributed by atoms with van der Waals surface area (Å²) in [6, 6.07) is 23.5. The van der Waals surface area contributed by atoms with Crippen LogP contribution in [0.1, 0.15) is 23.1 Å². The van der Waals surface area contributed by atoms with Crippen molar-refractivity contribution in [2.24, 2.45) is 0 Å². The molecule has 0 spiro atoms. The quantitative estimate of drug-likeness (QED) is 0.267. The van der Waals surface area contributed by atoms with Gasteiger partial charge in [0.05, 0.1) is 22.2 Å². The highest BCUT2D eigenvalue weighted by Gasteiger charge is 2.09. The van der Waals surface area contributed by atoms with Gasteiger partial charge in [0.2, 0.25) is 0 Å². The van der Waals surface area contributed by atoms with E-state index in [9.17, 15) is 0 Å². The Hall–Kier alpha value is -2.76. The molecule has 0 aliphatic heterocycles. The van der Waals surface area contributed by atoms with Crippen LogP contribution in [0, 0.1) is 0 Å². The lowest BCUT2D eigenvalue weighted by Crippen LogP contribution is -2.21. The number of anilines is 1. The summed E-state index contributed by atoms with van der Waals surface area (Å²) < 4.78 is 6.66. The Morgan fingerprint density at radius 3 is 2.48 bits per heavy atom. The molecule has 0 saturated heterocycles. The van der Waals surface area contributed by atoms with Crippen molar-refractivity contribution in [1.29, 1.82) is 0 Å². The smallest absolute Gasteiger partial charge is 0.134 e. The number of thioether (sulfide) groups is 1. The van der Waals surface area contributed by atoms with Gasteiger partial charge in [0, 0.05) is 24.8 Å². The van der Waals surface area contributed by atoms with Crippen molar-refractivity contribution in [2.45, 2.75) is 18.4 Å². The van der Waals surface area contributed by atoms with Gasteiger partial charge in [-0.05, 0) is 48.6 Å². The Morgan fingerprint density at radius 1 is 1.03 bits per heavy atom. The number of hydrogen-bond donors (Lipinski definition) is 0. The maximum atomic E-state index is 5.48. The maximum absolute atomic E-state index is 5.48. The standard InChI is InChI=1S/C26H26N2OS2/c1-4-28(18-20-8-6-5-7-9-20)21-13-10-19(11-14-21)12-15-26-27-22-16-23(29-2)25(30-3)17-24(22)31-26/h5-17H,4,18H2,1-3H3/b15-12+. The Kier molecular flexibility index (Phi) is 6.95. The van der Waals surface area contributed by atoms with Gasteiger partial charge in [0.1, 0.15) is 10.8 Å². The van der Waals surface area contributed by atoms with Gasteiger partial charge < -0.3 is 9.64 Å². The van der Waals surface area contributed by atoms with Crippen molar-refractivity contribution in [3.8, 4) is 5.75 Å². The van der Waals surface area contributed by atoms with E-state index >= 15 is 0 Å². The highest BCUT2D eigenvalue weighted by atomic mass is 32.2. The van der Waals surface area contributed by atoms with Crippen molar-refractivity contribution in [3.05, 3.63) is 82.9 Å². The number of fused-ring (bicyclic) bond motifs is 1. The topological polar surface area (TPSA) is 25.4 Å². The van der Waals surface area contributed by atoms with Crippen LogP contribution in [-0.4, -0.2) is 24.9 Å². The molecule has 0 fully saturated rings. The summed E-state index contributed by atoms with van der Waals surface area (Å²) in [5.41, 5.74) is 4.71. The number of methoxy groups -OCH3 is 1. The minimum absolute atomic E-state index is 0.882. The summed E-state index contributed by atoms with van der Waals surface area (Å²) in [5, 5.41) is 0.999. The first-order chi connectivity index (χ1) is 15.2. The van der Waals surface area contributed by atoms with Gasteiger partial charge in [0.25, 0.3) is 0 Å². The molecule has 0 bridgehead atoms. The number of hydrogen-bond acceptors (Lipinski definition) is 5. The van der Waals surface area contributed by atoms with Crippen LogP contribution in [0.4, 0.5) is 5.69 Å². The summed E-state index contributed by atoms with van der Waals surface area (Å²) in [7, 11) is 1.71. The fourth-order valence-corrected chi connectivity index (χ4v) is 5.04. The van der Waals surface area contributed by atoms with Crippen LogP contribution in [-0.2, 0) is 6.54 Å². The second kappa shape index (κ2) is 10.0. The number of thiazole rings is 1. The zero-order chi connectivity index (χ0) is 21.6. The molecule has 158 valence electrons. The number of rotatable bonds is 8. The molecule has 0 atom stereocenters. The zero-order valence-corrected chi connectivity index (χ0v) is 19.7. The molecule has 0 radical (unpaired) electrons. The molecule has 4 aromatic rings. The Morgan fingerprint density at radius 2 is 1.81 bits per heavy atom. The summed E-state index contributed by atoms with van der Waals surface area (Å²) in [4.78, 5) is 8.27. The number of benzene rings is 3. The van der Waals surface area contributed by atoms with Crippen LogP contribution in [0.2, 0.25) is 0 Å². The van der Waals surface area contributed by atoms with E-state index in [0.717, 1.165) is 34.3 Å². The van der Waals surface area contributed by atoms with E-state index in [4.69, 9.17) is 9.72 Å². The van der Waals surface area contributed by atoms with Crippen molar-refractivity contribution in [1.82, 2.24) is 4.98 Å². The minimum Gasteiger partial charge on any atom is -0.496 e. The fraction of sp³-hybridized carbons (Fsp3) is 0.192. The minimum atomic E-state index is 0.882. The number of nitrogens with zero attached hydrogens (tertiary/aromatic N) is 2. The molecular formula is C26H26N2OS2. The molecule has 0 N–H and O–H groups in total. The third-order valence-electron chi connectivity index (χ3n) is 5.18. The molecule has 1 heterocycles. The van der Waals surface area contributed by atoms with Crippen LogP contribution in [0.25, 0.3) is 22.4 Å². The third-order valence-corrected chi connectivity index (χ3v) is 6.93. The van der Waals surface area contributed by atoms with Crippen LogP contribution in [0.3, 0.4) is 0 Å². The van der Waals surface area contributed by atoms with Gasteiger partial charge in [0.15, 0.2) is 0 Å². The molecule has 0 unspecified atom stereocenters. The second-order valence-corrected chi connectivity index (χ2v) is 9.06. The monoisotopic (exact) mass is 446 g/mol. The van der Waals surface area contributed by atoms with Crippen molar-refractivity contribution in [2.75, 3.05) is 24.8 Å². The van der Waals surface area contributed by atoms with E-state index in [1.54, 1.807) is 30.2 Å². The van der Waals surface area contributed by atoms with E-state index in [1.165, 1.54) is 21.5 Å². The SMILES string of the molecule is CCN(Cc1ccccc1)c1ccc(/C=C/c2nc3cc(OC)c(SC)cc3s2)cc1. The van der Waals surface area contributed by atoms with Gasteiger partial charge in [-0.2, -0.15) is 0 Å². The van der Waals surface area contributed by atoms with E-state index < -0.39 is 0 Å². The molecule has 0 aliphatic rings. The second-order valence-electron chi connectivity index (χ2n) is 7.15. The molecule has 4 rings (SSSR count). The van der Waals surface area contributed by atoms with Crippen molar-refractivity contribution < 1.29 is 4.74 Å². The molecule has 3 aromatic carbocycles. The van der Waals surface area contributed by atoms with E-state index in [1.807, 2.05) is 6.07 Å². The van der Waals surface area contributed by atoms with Crippen LogP contribution < -0.4 is 9.64 Å². The first-order valence-electron chi connectivity index (χ1n) is 10.3. The molecule has 3 nitrogen and oxygen atoms in total. The maximum Gasteiger partial charge on any atom is 0.134 e. The summed E-state index contributed by atoms with van der Waals surface area (Å²) in [6.07, 6.45) is 6.28. The fourth-order valence-electron chi connectivity index (χ4n) is 3.50. The first-order valence-corrected chi connectivity index (χ1v) is 12.3. The van der Waals surface area contributed by atoms with Crippen molar-refractivity contribution in [3.63, 3.8) is 0 Å². The van der Waals surface area contributed by atoms with E-state index in [0.29, 0.717) is 0 Å². The lowest BCUT2D eigenvalue weighted by molar-refractivity contribution is 0.405. The molecule has 31 heavy (non-hydrogen) atoms. The molecule has 1 aromatic heterocycles. The predicted octanol–water partition coefficient (Wildman–Crippen LogP) is 7.22. The normalized spacial score (nSPS) is 11.3. The van der Waals surface area contributed by atoms with Crippen LogP contribution in [0.15, 0.2) is 71.6 Å². The van der Waals surface area contributed by atoms with Gasteiger partial charge in [-0.3, -0.25) is 0 Å². The van der Waals surface area contributed by atoms with E-state index in [2.05, 4.69) is 90.9 Å². The molecule has 0 saturated carbocycles. The largest absolute Gasteiger partial charge is 0.496 e. The lowest BCUT2D eigenvalue weighted by atomic mass is 10.1. The average molecular weight is 447 g/mol. The van der Waals surface area contributed by atoms with Gasteiger partial charge in [-0.1, -0.05) is 48.5 Å². The summed E-state index contributed by atoms with van der Waals surface area (Å²) >= 11 is 3.40. The highest BCUT2D eigenvalue weighted by Crippen LogP contribution is 2.35. The van der Waals surface area contributed by atoms with Gasteiger partial charge in [-0.25, -0.2) is 4.98 Å². The highest BCUT2D eigenvalue weighted by molar-refractivity contribution is 7.98. The Balaban J connectivity index is 1.49. The molecule has 0 aliphatic carbocycles. The van der Waals surface area contributed by atoms with Crippen LogP contribution >= 0.6 is 23.1 Å². The molecule has 5 heteroatoms. The lowest BCUT2D eigenvalue weighted by Gasteiger charge is -2.23. The van der Waals surface area contributed by atoms with Gasteiger partial charge in [-0.15, -0.1) is 23.1 Å². The first kappa shape index (κ1) is 21.5. The number of ether oxygens (including phenoxy) is 1. The van der Waals surface area contributed by atoms with E-state index in [-0.39, 0.29) is 0 Å². The van der Waals surface area contributed by atoms with Crippen molar-refractivity contribution >= 4 is 51.2 Å². The summed E-state index contributed by atoms with van der Waals surface area (Å²) in [6.45, 7) is 4.08. The Labute approximate surface area is 192 Å². The zero-order valence-electron chi connectivity index (χ0n) is 18.0. The third kappa shape index (κ3) is 5.12. The average Bonchev–Trinajstić information content (AvgIpc) is 3.23.